The van der Waals surface area contributed by atoms with Crippen molar-refractivity contribution in [3.63, 3.8) is 0 Å². The zero-order chi connectivity index (χ0) is 20.5. The maximum atomic E-state index is 11.3. The highest BCUT2D eigenvalue weighted by molar-refractivity contribution is 5.82. The quantitative estimate of drug-likeness (QED) is 0.688. The van der Waals surface area contributed by atoms with Crippen molar-refractivity contribution in [2.45, 2.75) is 64.1 Å². The molecule has 0 aliphatic heterocycles. The summed E-state index contributed by atoms with van der Waals surface area (Å²) in [5.41, 5.74) is 8.15. The van der Waals surface area contributed by atoms with Crippen molar-refractivity contribution in [2.75, 3.05) is 0 Å². The molecular weight excluding hydrogens is 374 g/mol. The Bertz CT molecular complexity index is 1110. The van der Waals surface area contributed by atoms with Crippen LogP contribution in [0, 0.1) is 17.3 Å². The number of fused-ring (bicyclic) bond motifs is 4. The summed E-state index contributed by atoms with van der Waals surface area (Å²) in [6.07, 6.45) is 12.3. The second-order valence-corrected chi connectivity index (χ2v) is 9.95. The minimum Gasteiger partial charge on any atom is -0.443 e. The summed E-state index contributed by atoms with van der Waals surface area (Å²) in [4.78, 5) is 4.34. The monoisotopic (exact) mass is 403 g/mol. The SMILES string of the molecule is CC12CC(O)C3=C(CCC4CCC(O)CC4=C3)C1CC=C2c1ccc2ocnc2c1. The standard InChI is InChI=1S/C26H29NO3/c1-26-13-24(29)20-11-17-10-18(28)5-2-15(17)3-6-19(20)22(26)8-7-21(26)16-4-9-25-23(12-16)27-14-30-25/h4,7,9,11-12,14-15,18,22,24,28-29H,2-3,5-6,8,10,13H2,1H3. The van der Waals surface area contributed by atoms with E-state index in [-0.39, 0.29) is 11.5 Å². The summed E-state index contributed by atoms with van der Waals surface area (Å²) >= 11 is 0. The average Bonchev–Trinajstić information content (AvgIpc) is 3.26. The molecule has 5 atom stereocenters. The molecule has 1 aromatic heterocycles. The molecule has 4 heteroatoms. The fourth-order valence-electron chi connectivity index (χ4n) is 6.76. The summed E-state index contributed by atoms with van der Waals surface area (Å²) in [6.45, 7) is 2.34. The molecule has 2 N–H and O–H groups in total. The second kappa shape index (κ2) is 6.66. The molecule has 0 saturated heterocycles. The average molecular weight is 404 g/mol. The molecule has 1 saturated carbocycles. The number of allylic oxidation sites excluding steroid dienone is 3. The first-order chi connectivity index (χ1) is 14.5. The lowest BCUT2D eigenvalue weighted by Gasteiger charge is -2.43. The number of rotatable bonds is 1. The van der Waals surface area contributed by atoms with Crippen molar-refractivity contribution < 1.29 is 14.6 Å². The molecule has 0 radical (unpaired) electrons. The first kappa shape index (κ1) is 18.6. The molecular formula is C26H29NO3. The number of aliphatic hydroxyl groups is 2. The van der Waals surface area contributed by atoms with Crippen LogP contribution >= 0.6 is 0 Å². The largest absolute Gasteiger partial charge is 0.443 e. The van der Waals surface area contributed by atoms with Crippen molar-refractivity contribution in [2.24, 2.45) is 17.3 Å². The molecule has 4 aliphatic rings. The van der Waals surface area contributed by atoms with Crippen LogP contribution in [-0.2, 0) is 0 Å². The fraction of sp³-hybridized carbons (Fsp3) is 0.500. The van der Waals surface area contributed by atoms with Gasteiger partial charge >= 0.3 is 0 Å². The lowest BCUT2D eigenvalue weighted by atomic mass is 9.61. The number of hydrogen-bond acceptors (Lipinski definition) is 4. The molecule has 4 aliphatic carbocycles. The Balaban J connectivity index is 1.38. The Morgan fingerprint density at radius 3 is 2.97 bits per heavy atom. The lowest BCUT2D eigenvalue weighted by Crippen LogP contribution is -2.37. The molecule has 6 rings (SSSR count). The van der Waals surface area contributed by atoms with Gasteiger partial charge in [-0.3, -0.25) is 0 Å². The zero-order valence-electron chi connectivity index (χ0n) is 17.5. The Morgan fingerprint density at radius 1 is 1.17 bits per heavy atom. The van der Waals surface area contributed by atoms with E-state index >= 15 is 0 Å². The first-order valence-corrected chi connectivity index (χ1v) is 11.4. The van der Waals surface area contributed by atoms with Crippen molar-refractivity contribution in [1.82, 2.24) is 4.98 Å². The van der Waals surface area contributed by atoms with E-state index in [9.17, 15) is 10.2 Å². The molecule has 1 aromatic carbocycles. The van der Waals surface area contributed by atoms with Gasteiger partial charge in [0.1, 0.15) is 5.52 Å². The number of aliphatic hydroxyl groups excluding tert-OH is 2. The van der Waals surface area contributed by atoms with Crippen LogP contribution in [0.2, 0.25) is 0 Å². The Morgan fingerprint density at radius 2 is 2.07 bits per heavy atom. The van der Waals surface area contributed by atoms with Crippen LogP contribution in [-0.4, -0.2) is 27.4 Å². The smallest absolute Gasteiger partial charge is 0.181 e. The van der Waals surface area contributed by atoms with Crippen molar-refractivity contribution in [3.05, 3.63) is 59.0 Å². The van der Waals surface area contributed by atoms with E-state index in [0.717, 1.165) is 61.6 Å². The molecule has 1 fully saturated rings. The molecule has 0 amide bonds. The molecule has 0 bridgehead atoms. The highest BCUT2D eigenvalue weighted by Crippen LogP contribution is 2.59. The number of nitrogens with zero attached hydrogens (tertiary/aromatic N) is 1. The van der Waals surface area contributed by atoms with Gasteiger partial charge in [0.25, 0.3) is 0 Å². The maximum absolute atomic E-state index is 11.3. The topological polar surface area (TPSA) is 66.5 Å². The Labute approximate surface area is 177 Å². The summed E-state index contributed by atoms with van der Waals surface area (Å²) < 4.78 is 5.42. The van der Waals surface area contributed by atoms with Crippen LogP contribution in [0.15, 0.2) is 57.9 Å². The van der Waals surface area contributed by atoms with Gasteiger partial charge in [-0.1, -0.05) is 36.3 Å². The molecule has 0 spiro atoms. The highest BCUT2D eigenvalue weighted by Gasteiger charge is 2.49. The molecule has 5 unspecified atom stereocenters. The van der Waals surface area contributed by atoms with Crippen LogP contribution in [0.4, 0.5) is 0 Å². The van der Waals surface area contributed by atoms with Crippen LogP contribution in [0.25, 0.3) is 16.7 Å². The van der Waals surface area contributed by atoms with Crippen LogP contribution < -0.4 is 0 Å². The van der Waals surface area contributed by atoms with Crippen LogP contribution in [0.3, 0.4) is 0 Å². The summed E-state index contributed by atoms with van der Waals surface area (Å²) in [7, 11) is 0. The first-order valence-electron chi connectivity index (χ1n) is 11.4. The highest BCUT2D eigenvalue weighted by atomic mass is 16.3. The van der Waals surface area contributed by atoms with E-state index in [2.05, 4.69) is 36.2 Å². The fourth-order valence-corrected chi connectivity index (χ4v) is 6.76. The van der Waals surface area contributed by atoms with Crippen molar-refractivity contribution in [3.8, 4) is 0 Å². The Hall–Kier alpha value is -2.17. The van der Waals surface area contributed by atoms with E-state index in [1.54, 1.807) is 0 Å². The number of aromatic nitrogens is 1. The van der Waals surface area contributed by atoms with E-state index in [4.69, 9.17) is 4.42 Å². The van der Waals surface area contributed by atoms with Crippen LogP contribution in [0.1, 0.15) is 57.4 Å². The van der Waals surface area contributed by atoms with Gasteiger partial charge in [-0.05, 0) is 85.6 Å². The number of hydrogen-bond donors (Lipinski definition) is 2. The Kier molecular flexibility index (Phi) is 4.13. The molecule has 30 heavy (non-hydrogen) atoms. The van der Waals surface area contributed by atoms with Crippen LogP contribution in [0.5, 0.6) is 0 Å². The summed E-state index contributed by atoms with van der Waals surface area (Å²) in [6, 6.07) is 6.26. The van der Waals surface area contributed by atoms with Gasteiger partial charge in [0.15, 0.2) is 12.0 Å². The number of oxazole rings is 1. The van der Waals surface area contributed by atoms with Gasteiger partial charge in [-0.15, -0.1) is 0 Å². The second-order valence-electron chi connectivity index (χ2n) is 9.95. The molecule has 1 heterocycles. The predicted octanol–water partition coefficient (Wildman–Crippen LogP) is 5.18. The van der Waals surface area contributed by atoms with E-state index < -0.39 is 6.10 Å². The van der Waals surface area contributed by atoms with Gasteiger partial charge in [0, 0.05) is 5.41 Å². The van der Waals surface area contributed by atoms with Gasteiger partial charge < -0.3 is 14.6 Å². The maximum Gasteiger partial charge on any atom is 0.181 e. The predicted molar refractivity (Wildman–Crippen MR) is 117 cm³/mol. The van der Waals surface area contributed by atoms with E-state index in [0.29, 0.717) is 11.8 Å². The van der Waals surface area contributed by atoms with Crippen molar-refractivity contribution in [1.29, 1.82) is 0 Å². The van der Waals surface area contributed by atoms with Gasteiger partial charge in [-0.25, -0.2) is 4.98 Å². The zero-order valence-corrected chi connectivity index (χ0v) is 17.5. The van der Waals surface area contributed by atoms with E-state index in [1.165, 1.54) is 28.7 Å². The van der Waals surface area contributed by atoms with Gasteiger partial charge in [0.05, 0.1) is 12.2 Å². The minimum atomic E-state index is -0.441. The van der Waals surface area contributed by atoms with Gasteiger partial charge in [-0.2, -0.15) is 0 Å². The lowest BCUT2D eigenvalue weighted by molar-refractivity contribution is 0.124. The third kappa shape index (κ3) is 2.70. The third-order valence-electron chi connectivity index (χ3n) is 8.30. The summed E-state index contributed by atoms with van der Waals surface area (Å²) in [5.74, 6) is 1.02. The van der Waals surface area contributed by atoms with Gasteiger partial charge in [0.2, 0.25) is 0 Å². The summed E-state index contributed by atoms with van der Waals surface area (Å²) in [5, 5.41) is 21.5. The minimum absolute atomic E-state index is 0.0663. The van der Waals surface area contributed by atoms with Crippen molar-refractivity contribution >= 4 is 16.7 Å². The third-order valence-corrected chi connectivity index (χ3v) is 8.30. The molecule has 2 aromatic rings. The van der Waals surface area contributed by atoms with E-state index in [1.807, 2.05) is 6.07 Å². The normalized spacial score (nSPS) is 36.0. The molecule has 156 valence electrons. The number of benzene rings is 1. The molecule has 4 nitrogen and oxygen atoms in total.